The Hall–Kier alpha value is -0.510. The molecular formula is C4H8N2OS. The first-order valence-corrected chi connectivity index (χ1v) is 2.93. The molecule has 0 bridgehead atoms. The molecule has 0 aromatic heterocycles. The summed E-state index contributed by atoms with van der Waals surface area (Å²) in [5, 5.41) is 9.55. The highest BCUT2D eigenvalue weighted by atomic mass is 32.2. The molecule has 2 N–H and O–H groups in total. The lowest BCUT2D eigenvalue weighted by Gasteiger charge is -1.94. The van der Waals surface area contributed by atoms with Crippen molar-refractivity contribution in [1.82, 2.24) is 5.32 Å². The third-order valence-corrected chi connectivity index (χ3v) is 1.17. The second-order valence-corrected chi connectivity index (χ2v) is 2.36. The summed E-state index contributed by atoms with van der Waals surface area (Å²) in [6, 6.07) is 0. The fourth-order valence-corrected chi connectivity index (χ4v) is 0.584. The minimum absolute atomic E-state index is 0.0654. The topological polar surface area (TPSA) is 53.0 Å². The van der Waals surface area contributed by atoms with Gasteiger partial charge in [0.1, 0.15) is 0 Å². The number of hydrogen-bond acceptors (Lipinski definition) is 3. The van der Waals surface area contributed by atoms with Gasteiger partial charge in [-0.3, -0.25) is 10.2 Å². The van der Waals surface area contributed by atoms with Gasteiger partial charge < -0.3 is 5.32 Å². The van der Waals surface area contributed by atoms with Gasteiger partial charge in [-0.2, -0.15) is 0 Å². The van der Waals surface area contributed by atoms with E-state index >= 15 is 0 Å². The van der Waals surface area contributed by atoms with Crippen LogP contribution in [0.3, 0.4) is 0 Å². The molecule has 4 heteroatoms. The van der Waals surface area contributed by atoms with Gasteiger partial charge in [0.2, 0.25) is 0 Å². The molecule has 0 radical (unpaired) electrons. The fraction of sp³-hybridized carbons (Fsp3) is 0.500. The molecule has 0 aliphatic rings. The highest BCUT2D eigenvalue weighted by Gasteiger charge is 1.96. The van der Waals surface area contributed by atoms with Crippen molar-refractivity contribution in [3.8, 4) is 0 Å². The summed E-state index contributed by atoms with van der Waals surface area (Å²) in [5.41, 5.74) is 0. The van der Waals surface area contributed by atoms with Crippen LogP contribution in [0.25, 0.3) is 0 Å². The quantitative estimate of drug-likeness (QED) is 0.371. The monoisotopic (exact) mass is 132 g/mol. The molecule has 46 valence electrons. The van der Waals surface area contributed by atoms with Crippen LogP contribution in [-0.2, 0) is 4.79 Å². The molecule has 0 aliphatic carbocycles. The van der Waals surface area contributed by atoms with Crippen LogP contribution in [0.1, 0.15) is 6.92 Å². The van der Waals surface area contributed by atoms with E-state index in [1.165, 1.54) is 6.92 Å². The fourth-order valence-electron chi connectivity index (χ4n) is 0.195. The number of carbonyl (C=O) groups is 1. The summed E-state index contributed by atoms with van der Waals surface area (Å²) in [5.74, 6) is 0. The Bertz CT molecular complexity index is 113. The van der Waals surface area contributed by atoms with E-state index in [0.717, 1.165) is 11.8 Å². The van der Waals surface area contributed by atoms with Crippen molar-refractivity contribution in [3.63, 3.8) is 0 Å². The third-order valence-electron chi connectivity index (χ3n) is 0.473. The van der Waals surface area contributed by atoms with Crippen molar-refractivity contribution in [2.45, 2.75) is 6.92 Å². The Morgan fingerprint density at radius 3 is 2.38 bits per heavy atom. The summed E-state index contributed by atoms with van der Waals surface area (Å²) < 4.78 is 0. The van der Waals surface area contributed by atoms with Gasteiger partial charge >= 0.3 is 0 Å². The predicted octanol–water partition coefficient (Wildman–Crippen LogP) is 0.420. The first-order valence-electron chi connectivity index (χ1n) is 2.11. The van der Waals surface area contributed by atoms with Crippen molar-refractivity contribution in [3.05, 3.63) is 0 Å². The molecule has 0 aromatic carbocycles. The molecule has 0 saturated carbocycles. The van der Waals surface area contributed by atoms with Crippen molar-refractivity contribution in [1.29, 1.82) is 5.41 Å². The second-order valence-electron chi connectivity index (χ2n) is 1.17. The van der Waals surface area contributed by atoms with E-state index in [9.17, 15) is 4.79 Å². The number of rotatable bonds is 0. The zero-order valence-electron chi connectivity index (χ0n) is 4.82. The van der Waals surface area contributed by atoms with Gasteiger partial charge in [0, 0.05) is 14.0 Å². The standard InChI is InChI=1S/C4H8N2OS/c1-3(7)8-4(5)6-2/h1-2H3,(H2,5,6). The summed E-state index contributed by atoms with van der Waals surface area (Å²) in [6.45, 7) is 1.43. The molecule has 0 heterocycles. The summed E-state index contributed by atoms with van der Waals surface area (Å²) in [6.07, 6.45) is 0. The van der Waals surface area contributed by atoms with Crippen LogP contribution in [0.5, 0.6) is 0 Å². The lowest BCUT2D eigenvalue weighted by atomic mass is 10.9. The number of amidine groups is 1. The summed E-state index contributed by atoms with van der Waals surface area (Å²) in [7, 11) is 1.61. The second kappa shape index (κ2) is 3.49. The first kappa shape index (κ1) is 7.49. The minimum Gasteiger partial charge on any atom is -0.368 e. The normalized spacial score (nSPS) is 8.25. The molecule has 8 heavy (non-hydrogen) atoms. The largest absolute Gasteiger partial charge is 0.368 e. The van der Waals surface area contributed by atoms with Gasteiger partial charge in [0.25, 0.3) is 0 Å². The van der Waals surface area contributed by atoms with Gasteiger partial charge in [0.15, 0.2) is 10.3 Å². The maximum absolute atomic E-state index is 10.2. The summed E-state index contributed by atoms with van der Waals surface area (Å²) >= 11 is 0.888. The van der Waals surface area contributed by atoms with E-state index in [1.807, 2.05) is 0 Å². The van der Waals surface area contributed by atoms with Gasteiger partial charge in [-0.25, -0.2) is 0 Å². The van der Waals surface area contributed by atoms with E-state index in [1.54, 1.807) is 7.05 Å². The Kier molecular flexibility index (Phi) is 3.26. The van der Waals surface area contributed by atoms with Gasteiger partial charge in [-0.15, -0.1) is 0 Å². The molecule has 0 fully saturated rings. The van der Waals surface area contributed by atoms with Crippen LogP contribution in [0, 0.1) is 5.41 Å². The molecule has 0 rings (SSSR count). The average Bonchev–Trinajstić information content (AvgIpc) is 1.65. The van der Waals surface area contributed by atoms with Crippen LogP contribution in [0.2, 0.25) is 0 Å². The Morgan fingerprint density at radius 2 is 2.25 bits per heavy atom. The number of carbonyl (C=O) groups excluding carboxylic acids is 1. The lowest BCUT2D eigenvalue weighted by molar-refractivity contribution is -0.109. The van der Waals surface area contributed by atoms with E-state index < -0.39 is 0 Å². The molecule has 0 aromatic rings. The zero-order valence-corrected chi connectivity index (χ0v) is 5.63. The smallest absolute Gasteiger partial charge is 0.193 e. The highest BCUT2D eigenvalue weighted by molar-refractivity contribution is 8.26. The molecule has 0 saturated heterocycles. The van der Waals surface area contributed by atoms with Crippen molar-refractivity contribution in [2.24, 2.45) is 0 Å². The van der Waals surface area contributed by atoms with E-state index in [4.69, 9.17) is 5.41 Å². The SMILES string of the molecule is CNC(=N)SC(C)=O. The van der Waals surface area contributed by atoms with Crippen LogP contribution < -0.4 is 5.32 Å². The maximum atomic E-state index is 10.2. The molecule has 0 atom stereocenters. The number of nitrogens with one attached hydrogen (secondary N) is 2. The van der Waals surface area contributed by atoms with Gasteiger partial charge in [-0.05, 0) is 11.8 Å². The first-order chi connectivity index (χ1) is 3.66. The minimum atomic E-state index is -0.0654. The predicted molar refractivity (Wildman–Crippen MR) is 35.1 cm³/mol. The van der Waals surface area contributed by atoms with Crippen LogP contribution >= 0.6 is 11.8 Å². The molecule has 0 aliphatic heterocycles. The van der Waals surface area contributed by atoms with Crippen molar-refractivity contribution >= 4 is 22.0 Å². The molecule has 0 unspecified atom stereocenters. The Morgan fingerprint density at radius 1 is 1.75 bits per heavy atom. The van der Waals surface area contributed by atoms with E-state index in [-0.39, 0.29) is 10.3 Å². The van der Waals surface area contributed by atoms with Gasteiger partial charge in [-0.1, -0.05) is 0 Å². The van der Waals surface area contributed by atoms with E-state index in [2.05, 4.69) is 5.32 Å². The Balaban J connectivity index is 3.40. The van der Waals surface area contributed by atoms with Crippen LogP contribution in [-0.4, -0.2) is 17.3 Å². The summed E-state index contributed by atoms with van der Waals surface area (Å²) in [4.78, 5) is 10.2. The lowest BCUT2D eigenvalue weighted by Crippen LogP contribution is -2.13. The van der Waals surface area contributed by atoms with Crippen molar-refractivity contribution < 1.29 is 4.79 Å². The van der Waals surface area contributed by atoms with Crippen LogP contribution in [0.15, 0.2) is 0 Å². The molecule has 0 spiro atoms. The van der Waals surface area contributed by atoms with Crippen molar-refractivity contribution in [2.75, 3.05) is 7.05 Å². The van der Waals surface area contributed by atoms with E-state index in [0.29, 0.717) is 0 Å². The average molecular weight is 132 g/mol. The maximum Gasteiger partial charge on any atom is 0.193 e. The molecule has 3 nitrogen and oxygen atoms in total. The molecular weight excluding hydrogens is 124 g/mol. The zero-order chi connectivity index (χ0) is 6.57. The Labute approximate surface area is 52.4 Å². The highest BCUT2D eigenvalue weighted by Crippen LogP contribution is 1.98. The van der Waals surface area contributed by atoms with Gasteiger partial charge in [0.05, 0.1) is 0 Å². The number of hydrogen-bond donors (Lipinski definition) is 2. The van der Waals surface area contributed by atoms with Crippen LogP contribution in [0.4, 0.5) is 0 Å². The third kappa shape index (κ3) is 3.67. The molecule has 0 amide bonds. The number of thioether (sulfide) groups is 1.